The van der Waals surface area contributed by atoms with Crippen LogP contribution in [0.5, 0.6) is 0 Å². The summed E-state index contributed by atoms with van der Waals surface area (Å²) >= 11 is 3.72. The van der Waals surface area contributed by atoms with E-state index in [4.69, 9.17) is 4.74 Å². The highest BCUT2D eigenvalue weighted by atomic mass is 79.9. The number of ether oxygens (including phenoxy) is 1. The van der Waals surface area contributed by atoms with Gasteiger partial charge in [0.05, 0.1) is 6.61 Å². The van der Waals surface area contributed by atoms with Crippen LogP contribution in [-0.4, -0.2) is 18.0 Å². The average Bonchev–Trinajstić information content (AvgIpc) is 2.33. The first-order valence-corrected chi connectivity index (χ1v) is 6.63. The highest BCUT2D eigenvalue weighted by molar-refractivity contribution is 9.09. The van der Waals surface area contributed by atoms with E-state index in [0.717, 1.165) is 26.1 Å². The van der Waals surface area contributed by atoms with E-state index >= 15 is 0 Å². The number of benzene rings is 1. The smallest absolute Gasteiger partial charge is 0.123 e. The molecule has 2 rings (SSSR count). The SMILES string of the molecule is Fc1ccc(CC(Br)C2CCCOC2)cc1. The van der Waals surface area contributed by atoms with Crippen LogP contribution in [-0.2, 0) is 11.2 Å². The molecule has 1 heterocycles. The van der Waals surface area contributed by atoms with Gasteiger partial charge in [-0.2, -0.15) is 0 Å². The van der Waals surface area contributed by atoms with E-state index in [9.17, 15) is 4.39 Å². The van der Waals surface area contributed by atoms with E-state index in [1.807, 2.05) is 12.1 Å². The van der Waals surface area contributed by atoms with Crippen molar-refractivity contribution in [3.63, 3.8) is 0 Å². The third kappa shape index (κ3) is 3.29. The molecule has 1 nitrogen and oxygen atoms in total. The second-order valence-electron chi connectivity index (χ2n) is 4.32. The maximum atomic E-state index is 12.7. The first-order chi connectivity index (χ1) is 7.75. The van der Waals surface area contributed by atoms with Gasteiger partial charge in [0, 0.05) is 11.4 Å². The Morgan fingerprint density at radius 2 is 2.12 bits per heavy atom. The molecule has 88 valence electrons. The van der Waals surface area contributed by atoms with Gasteiger partial charge in [0.1, 0.15) is 5.82 Å². The zero-order valence-electron chi connectivity index (χ0n) is 9.16. The van der Waals surface area contributed by atoms with Crippen LogP contribution in [0.3, 0.4) is 0 Å². The lowest BCUT2D eigenvalue weighted by atomic mass is 9.94. The maximum absolute atomic E-state index is 12.7. The highest BCUT2D eigenvalue weighted by Gasteiger charge is 2.22. The van der Waals surface area contributed by atoms with E-state index in [-0.39, 0.29) is 5.82 Å². The largest absolute Gasteiger partial charge is 0.381 e. The quantitative estimate of drug-likeness (QED) is 0.772. The summed E-state index contributed by atoms with van der Waals surface area (Å²) < 4.78 is 18.2. The van der Waals surface area contributed by atoms with Crippen LogP contribution in [0, 0.1) is 11.7 Å². The van der Waals surface area contributed by atoms with Crippen molar-refractivity contribution in [1.29, 1.82) is 0 Å². The molecule has 0 N–H and O–H groups in total. The van der Waals surface area contributed by atoms with Gasteiger partial charge in [0.2, 0.25) is 0 Å². The molecule has 0 spiro atoms. The number of alkyl halides is 1. The molecular formula is C13H16BrFO. The van der Waals surface area contributed by atoms with Crippen LogP contribution < -0.4 is 0 Å². The van der Waals surface area contributed by atoms with Crippen molar-refractivity contribution in [2.24, 2.45) is 5.92 Å². The summed E-state index contributed by atoms with van der Waals surface area (Å²) in [6, 6.07) is 6.75. The van der Waals surface area contributed by atoms with Gasteiger partial charge in [-0.3, -0.25) is 0 Å². The molecule has 0 amide bonds. The molecule has 1 saturated heterocycles. The van der Waals surface area contributed by atoms with Crippen LogP contribution in [0.25, 0.3) is 0 Å². The summed E-state index contributed by atoms with van der Waals surface area (Å²) in [4.78, 5) is 0.429. The monoisotopic (exact) mass is 286 g/mol. The van der Waals surface area contributed by atoms with Crippen molar-refractivity contribution in [3.8, 4) is 0 Å². The molecule has 1 fully saturated rings. The molecule has 0 aromatic heterocycles. The van der Waals surface area contributed by atoms with E-state index in [1.165, 1.54) is 24.1 Å². The highest BCUT2D eigenvalue weighted by Crippen LogP contribution is 2.25. The van der Waals surface area contributed by atoms with E-state index in [0.29, 0.717) is 10.7 Å². The Morgan fingerprint density at radius 1 is 1.38 bits per heavy atom. The first kappa shape index (κ1) is 12.1. The Hall–Kier alpha value is -0.410. The molecule has 1 aliphatic rings. The molecule has 0 saturated carbocycles. The van der Waals surface area contributed by atoms with Crippen LogP contribution in [0.1, 0.15) is 18.4 Å². The van der Waals surface area contributed by atoms with Crippen molar-refractivity contribution >= 4 is 15.9 Å². The topological polar surface area (TPSA) is 9.23 Å². The Morgan fingerprint density at radius 3 is 2.75 bits per heavy atom. The second kappa shape index (κ2) is 5.78. The van der Waals surface area contributed by atoms with Crippen LogP contribution >= 0.6 is 15.9 Å². The molecule has 0 radical (unpaired) electrons. The number of rotatable bonds is 3. The summed E-state index contributed by atoms with van der Waals surface area (Å²) in [5.41, 5.74) is 1.17. The molecule has 2 atom stereocenters. The fourth-order valence-corrected chi connectivity index (χ4v) is 2.85. The predicted octanol–water partition coefficient (Wildman–Crippen LogP) is 3.56. The van der Waals surface area contributed by atoms with Gasteiger partial charge >= 0.3 is 0 Å². The molecule has 2 unspecified atom stereocenters. The normalized spacial score (nSPS) is 23.0. The third-order valence-electron chi connectivity index (χ3n) is 3.05. The summed E-state index contributed by atoms with van der Waals surface area (Å²) in [5.74, 6) is 0.412. The lowest BCUT2D eigenvalue weighted by molar-refractivity contribution is 0.0547. The van der Waals surface area contributed by atoms with Gasteiger partial charge in [-0.15, -0.1) is 0 Å². The summed E-state index contributed by atoms with van der Waals surface area (Å²) in [7, 11) is 0. The maximum Gasteiger partial charge on any atom is 0.123 e. The Labute approximate surface area is 104 Å². The van der Waals surface area contributed by atoms with E-state index in [2.05, 4.69) is 15.9 Å². The molecule has 0 bridgehead atoms. The summed E-state index contributed by atoms with van der Waals surface area (Å²) in [6.07, 6.45) is 3.31. The molecular weight excluding hydrogens is 271 g/mol. The standard InChI is InChI=1S/C13H16BrFO/c14-13(11-2-1-7-16-9-11)8-10-3-5-12(15)6-4-10/h3-6,11,13H,1-2,7-9H2. The number of halogens is 2. The molecule has 1 aliphatic heterocycles. The van der Waals surface area contributed by atoms with Gasteiger partial charge in [0.25, 0.3) is 0 Å². The van der Waals surface area contributed by atoms with Crippen molar-refractivity contribution < 1.29 is 9.13 Å². The molecule has 1 aromatic carbocycles. The molecule has 1 aromatic rings. The molecule has 0 aliphatic carbocycles. The van der Waals surface area contributed by atoms with Crippen molar-refractivity contribution in [2.75, 3.05) is 13.2 Å². The van der Waals surface area contributed by atoms with E-state index in [1.54, 1.807) is 0 Å². The fourth-order valence-electron chi connectivity index (χ4n) is 2.06. The third-order valence-corrected chi connectivity index (χ3v) is 4.12. The number of hydrogen-bond donors (Lipinski definition) is 0. The molecule has 3 heteroatoms. The lowest BCUT2D eigenvalue weighted by Gasteiger charge is -2.26. The Kier molecular flexibility index (Phi) is 4.36. The average molecular weight is 287 g/mol. The van der Waals surface area contributed by atoms with Gasteiger partial charge in [-0.1, -0.05) is 28.1 Å². The summed E-state index contributed by atoms with van der Waals surface area (Å²) in [5, 5.41) is 0. The van der Waals surface area contributed by atoms with Gasteiger partial charge in [-0.25, -0.2) is 4.39 Å². The number of hydrogen-bond acceptors (Lipinski definition) is 1. The Bertz CT molecular complexity index is 319. The van der Waals surface area contributed by atoms with Crippen LogP contribution in [0.4, 0.5) is 4.39 Å². The molecule has 16 heavy (non-hydrogen) atoms. The zero-order chi connectivity index (χ0) is 11.4. The van der Waals surface area contributed by atoms with Crippen molar-refractivity contribution in [2.45, 2.75) is 24.1 Å². The predicted molar refractivity (Wildman–Crippen MR) is 66.4 cm³/mol. The Balaban J connectivity index is 1.90. The minimum Gasteiger partial charge on any atom is -0.381 e. The fraction of sp³-hybridized carbons (Fsp3) is 0.538. The minimum absolute atomic E-state index is 0.170. The van der Waals surface area contributed by atoms with Gasteiger partial charge in [-0.05, 0) is 42.9 Å². The zero-order valence-corrected chi connectivity index (χ0v) is 10.7. The van der Waals surface area contributed by atoms with Gasteiger partial charge < -0.3 is 4.74 Å². The summed E-state index contributed by atoms with van der Waals surface area (Å²) in [6.45, 7) is 1.74. The minimum atomic E-state index is -0.170. The van der Waals surface area contributed by atoms with E-state index < -0.39 is 0 Å². The van der Waals surface area contributed by atoms with Crippen molar-refractivity contribution in [1.82, 2.24) is 0 Å². The second-order valence-corrected chi connectivity index (χ2v) is 5.50. The van der Waals surface area contributed by atoms with Crippen LogP contribution in [0.15, 0.2) is 24.3 Å². The van der Waals surface area contributed by atoms with Gasteiger partial charge in [0.15, 0.2) is 0 Å². The first-order valence-electron chi connectivity index (χ1n) is 5.72. The van der Waals surface area contributed by atoms with Crippen molar-refractivity contribution in [3.05, 3.63) is 35.6 Å². The van der Waals surface area contributed by atoms with Crippen LogP contribution in [0.2, 0.25) is 0 Å². The lowest BCUT2D eigenvalue weighted by Crippen LogP contribution is -2.26.